The van der Waals surface area contributed by atoms with Crippen LogP contribution in [0.4, 0.5) is 0 Å². The van der Waals surface area contributed by atoms with Crippen molar-refractivity contribution in [1.29, 1.82) is 0 Å². The highest BCUT2D eigenvalue weighted by Crippen LogP contribution is 2.23. The van der Waals surface area contributed by atoms with Crippen LogP contribution in [0.25, 0.3) is 0 Å². The van der Waals surface area contributed by atoms with Gasteiger partial charge >= 0.3 is 0 Å². The van der Waals surface area contributed by atoms with E-state index < -0.39 is 0 Å². The Kier molecular flexibility index (Phi) is 5.93. The largest absolute Gasteiger partial charge is 0.485 e. The maximum absolute atomic E-state index is 12.8. The number of aliphatic hydroxyl groups excluding tert-OH is 1. The van der Waals surface area contributed by atoms with Crippen LogP contribution < -0.4 is 4.74 Å². The van der Waals surface area contributed by atoms with Crippen LogP contribution in [0.2, 0.25) is 0 Å². The number of rotatable bonds is 6. The fourth-order valence-corrected chi connectivity index (χ4v) is 3.36. The van der Waals surface area contributed by atoms with Crippen molar-refractivity contribution in [2.45, 2.75) is 52.2 Å². The second kappa shape index (κ2) is 8.36. The Morgan fingerprint density at radius 3 is 3.00 bits per heavy atom. The smallest absolute Gasteiger partial charge is 0.276 e. The SMILES string of the molecule is Cc1ccc(C)c(OCc2cc(C(=O)N3CCCC[C@H]3CCO)no2)c1. The highest BCUT2D eigenvalue weighted by molar-refractivity contribution is 5.92. The number of piperidine rings is 1. The van der Waals surface area contributed by atoms with Crippen LogP contribution in [-0.2, 0) is 6.61 Å². The van der Waals surface area contributed by atoms with Crippen LogP contribution in [0.3, 0.4) is 0 Å². The lowest BCUT2D eigenvalue weighted by atomic mass is 9.99. The van der Waals surface area contributed by atoms with Gasteiger partial charge in [0.1, 0.15) is 12.4 Å². The van der Waals surface area contributed by atoms with E-state index in [0.29, 0.717) is 24.4 Å². The molecule has 6 nitrogen and oxygen atoms in total. The molecule has 1 amide bonds. The van der Waals surface area contributed by atoms with Crippen molar-refractivity contribution in [3.05, 3.63) is 46.8 Å². The minimum atomic E-state index is -0.134. The number of ether oxygens (including phenoxy) is 1. The van der Waals surface area contributed by atoms with Gasteiger partial charge in [-0.05, 0) is 56.7 Å². The summed E-state index contributed by atoms with van der Waals surface area (Å²) in [6.07, 6.45) is 3.59. The summed E-state index contributed by atoms with van der Waals surface area (Å²) in [6, 6.07) is 7.75. The Hall–Kier alpha value is -2.34. The molecule has 0 radical (unpaired) electrons. The van der Waals surface area contributed by atoms with Crippen LogP contribution in [-0.4, -0.2) is 40.3 Å². The van der Waals surface area contributed by atoms with Gasteiger partial charge in [0.15, 0.2) is 11.5 Å². The maximum atomic E-state index is 12.8. The average Bonchev–Trinajstić information content (AvgIpc) is 3.12. The first-order valence-electron chi connectivity index (χ1n) is 9.16. The van der Waals surface area contributed by atoms with E-state index in [0.717, 1.165) is 36.1 Å². The Morgan fingerprint density at radius 2 is 2.19 bits per heavy atom. The lowest BCUT2D eigenvalue weighted by Gasteiger charge is -2.34. The minimum Gasteiger partial charge on any atom is -0.485 e. The fraction of sp³-hybridized carbons (Fsp3) is 0.500. The van der Waals surface area contributed by atoms with E-state index in [4.69, 9.17) is 9.26 Å². The molecule has 1 aliphatic heterocycles. The average molecular weight is 358 g/mol. The van der Waals surface area contributed by atoms with E-state index in [9.17, 15) is 9.90 Å². The number of carbonyl (C=O) groups is 1. The Balaban J connectivity index is 1.65. The minimum absolute atomic E-state index is 0.0765. The second-order valence-corrected chi connectivity index (χ2v) is 6.90. The molecule has 1 fully saturated rings. The summed E-state index contributed by atoms with van der Waals surface area (Å²) in [5, 5.41) is 13.2. The Morgan fingerprint density at radius 1 is 1.35 bits per heavy atom. The third kappa shape index (κ3) is 4.25. The molecule has 2 aromatic rings. The number of hydrogen-bond donors (Lipinski definition) is 1. The van der Waals surface area contributed by atoms with Crippen molar-refractivity contribution in [2.24, 2.45) is 0 Å². The van der Waals surface area contributed by atoms with Gasteiger partial charge in [-0.15, -0.1) is 0 Å². The summed E-state index contributed by atoms with van der Waals surface area (Å²) in [7, 11) is 0. The van der Waals surface area contributed by atoms with E-state index in [1.807, 2.05) is 36.9 Å². The van der Waals surface area contributed by atoms with Gasteiger partial charge in [0.05, 0.1) is 0 Å². The van der Waals surface area contributed by atoms with E-state index in [1.165, 1.54) is 0 Å². The summed E-state index contributed by atoms with van der Waals surface area (Å²) in [5.74, 6) is 1.18. The molecule has 26 heavy (non-hydrogen) atoms. The van der Waals surface area contributed by atoms with E-state index in [2.05, 4.69) is 5.16 Å². The third-order valence-corrected chi connectivity index (χ3v) is 4.84. The molecule has 140 valence electrons. The molecular weight excluding hydrogens is 332 g/mol. The molecule has 3 rings (SSSR count). The molecular formula is C20H26N2O4. The zero-order valence-electron chi connectivity index (χ0n) is 15.4. The normalized spacial score (nSPS) is 17.3. The molecule has 1 N–H and O–H groups in total. The number of carbonyl (C=O) groups excluding carboxylic acids is 1. The molecule has 0 unspecified atom stereocenters. The zero-order chi connectivity index (χ0) is 18.5. The van der Waals surface area contributed by atoms with Gasteiger partial charge in [-0.25, -0.2) is 0 Å². The number of benzene rings is 1. The van der Waals surface area contributed by atoms with Gasteiger partial charge in [0, 0.05) is 25.3 Å². The lowest BCUT2D eigenvalue weighted by Crippen LogP contribution is -2.44. The van der Waals surface area contributed by atoms with Crippen molar-refractivity contribution in [3.63, 3.8) is 0 Å². The summed E-state index contributed by atoms with van der Waals surface area (Å²) >= 11 is 0. The Labute approximate surface area is 153 Å². The molecule has 1 saturated heterocycles. The summed E-state index contributed by atoms with van der Waals surface area (Å²) in [4.78, 5) is 14.6. The monoisotopic (exact) mass is 358 g/mol. The van der Waals surface area contributed by atoms with Gasteiger partial charge in [-0.2, -0.15) is 0 Å². The zero-order valence-corrected chi connectivity index (χ0v) is 15.4. The van der Waals surface area contributed by atoms with Crippen molar-refractivity contribution in [2.75, 3.05) is 13.2 Å². The number of amides is 1. The topological polar surface area (TPSA) is 75.8 Å². The van der Waals surface area contributed by atoms with Crippen molar-refractivity contribution < 1.29 is 19.2 Å². The molecule has 0 aliphatic carbocycles. The molecule has 1 aromatic heterocycles. The van der Waals surface area contributed by atoms with Crippen LogP contribution in [0, 0.1) is 13.8 Å². The number of aromatic nitrogens is 1. The quantitative estimate of drug-likeness (QED) is 0.858. The van der Waals surface area contributed by atoms with Crippen molar-refractivity contribution in [1.82, 2.24) is 10.1 Å². The van der Waals surface area contributed by atoms with Crippen molar-refractivity contribution >= 4 is 5.91 Å². The molecule has 6 heteroatoms. The van der Waals surface area contributed by atoms with Crippen LogP contribution in [0.15, 0.2) is 28.8 Å². The van der Waals surface area contributed by atoms with Gasteiger partial charge in [0.2, 0.25) is 0 Å². The first-order chi connectivity index (χ1) is 12.6. The first-order valence-corrected chi connectivity index (χ1v) is 9.16. The highest BCUT2D eigenvalue weighted by Gasteiger charge is 2.29. The predicted octanol–water partition coefficient (Wildman–Crippen LogP) is 3.25. The molecule has 1 aliphatic rings. The number of aryl methyl sites for hydroxylation is 2. The summed E-state index contributed by atoms with van der Waals surface area (Å²) in [6.45, 7) is 5.01. The van der Waals surface area contributed by atoms with Crippen LogP contribution in [0.1, 0.15) is 53.1 Å². The van der Waals surface area contributed by atoms with Crippen LogP contribution in [0.5, 0.6) is 5.75 Å². The molecule has 0 saturated carbocycles. The third-order valence-electron chi connectivity index (χ3n) is 4.84. The standard InChI is InChI=1S/C20H26N2O4/c1-14-6-7-15(2)19(11-14)25-13-17-12-18(21-26-17)20(24)22-9-4-3-5-16(22)8-10-23/h6-7,11-12,16,23H,3-5,8-10,13H2,1-2H3/t16-/m0/s1. The van der Waals surface area contributed by atoms with Crippen LogP contribution >= 0.6 is 0 Å². The number of aliphatic hydroxyl groups is 1. The van der Waals surface area contributed by atoms with Gasteiger partial charge in [-0.3, -0.25) is 4.79 Å². The van der Waals surface area contributed by atoms with Gasteiger partial charge < -0.3 is 19.3 Å². The molecule has 1 atom stereocenters. The fourth-order valence-electron chi connectivity index (χ4n) is 3.36. The van der Waals surface area contributed by atoms with E-state index >= 15 is 0 Å². The summed E-state index contributed by atoms with van der Waals surface area (Å²) in [5.41, 5.74) is 2.47. The van der Waals surface area contributed by atoms with Gasteiger partial charge in [0.25, 0.3) is 5.91 Å². The lowest BCUT2D eigenvalue weighted by molar-refractivity contribution is 0.0564. The molecule has 2 heterocycles. The summed E-state index contributed by atoms with van der Waals surface area (Å²) < 4.78 is 11.1. The highest BCUT2D eigenvalue weighted by atomic mass is 16.5. The number of nitrogens with zero attached hydrogens (tertiary/aromatic N) is 2. The first kappa shape index (κ1) is 18.5. The molecule has 1 aromatic carbocycles. The second-order valence-electron chi connectivity index (χ2n) is 6.90. The van der Waals surface area contributed by atoms with Crippen molar-refractivity contribution in [3.8, 4) is 5.75 Å². The molecule has 0 spiro atoms. The number of hydrogen-bond acceptors (Lipinski definition) is 5. The van der Waals surface area contributed by atoms with E-state index in [1.54, 1.807) is 6.07 Å². The van der Waals surface area contributed by atoms with E-state index in [-0.39, 0.29) is 25.2 Å². The Bertz CT molecular complexity index is 754. The predicted molar refractivity (Wildman–Crippen MR) is 97.1 cm³/mol. The molecule has 0 bridgehead atoms. The number of likely N-dealkylation sites (tertiary alicyclic amines) is 1. The van der Waals surface area contributed by atoms with Gasteiger partial charge in [-0.1, -0.05) is 17.3 Å². The maximum Gasteiger partial charge on any atom is 0.276 e.